The summed E-state index contributed by atoms with van der Waals surface area (Å²) in [6, 6.07) is 9.67. The molecule has 0 saturated heterocycles. The molecule has 2 aromatic carbocycles. The van der Waals surface area contributed by atoms with Gasteiger partial charge in [0, 0.05) is 10.0 Å². The van der Waals surface area contributed by atoms with Crippen LogP contribution in [0.5, 0.6) is 0 Å². The van der Waals surface area contributed by atoms with Gasteiger partial charge in [-0.2, -0.15) is 0 Å². The number of carbonyl (C=O) groups excluding carboxylic acids is 1. The lowest BCUT2D eigenvalue weighted by molar-refractivity contribution is -0.117. The molecular formula is C16H13BrFN3O3S. The number of hydrogen-bond donors (Lipinski definition) is 2. The molecule has 130 valence electrons. The number of amidine groups is 1. The van der Waals surface area contributed by atoms with Crippen molar-refractivity contribution in [3.63, 3.8) is 0 Å². The smallest absolute Gasteiger partial charge is 0.263 e. The number of rotatable bonds is 3. The number of hydrogen-bond acceptors (Lipinski definition) is 4. The maximum atomic E-state index is 13.8. The second-order valence-electron chi connectivity index (χ2n) is 5.37. The summed E-state index contributed by atoms with van der Waals surface area (Å²) < 4.78 is 40.8. The van der Waals surface area contributed by atoms with Crippen LogP contribution in [0.4, 0.5) is 10.1 Å². The SMILES string of the molecule is CC(N=C1NS(=O)(=O)c2ccccc21)C(=O)Nc1ccc(Br)cc1F. The quantitative estimate of drug-likeness (QED) is 0.791. The number of anilines is 1. The average Bonchev–Trinajstić information content (AvgIpc) is 2.81. The molecule has 9 heteroatoms. The number of sulfonamides is 1. The van der Waals surface area contributed by atoms with Crippen molar-refractivity contribution >= 4 is 43.4 Å². The molecule has 6 nitrogen and oxygen atoms in total. The van der Waals surface area contributed by atoms with Crippen molar-refractivity contribution in [2.45, 2.75) is 17.9 Å². The van der Waals surface area contributed by atoms with Crippen LogP contribution < -0.4 is 10.0 Å². The third-order valence-electron chi connectivity index (χ3n) is 3.55. The largest absolute Gasteiger partial charge is 0.322 e. The predicted molar refractivity (Wildman–Crippen MR) is 95.5 cm³/mol. The predicted octanol–water partition coefficient (Wildman–Crippen LogP) is 2.65. The highest BCUT2D eigenvalue weighted by Crippen LogP contribution is 2.23. The van der Waals surface area contributed by atoms with Gasteiger partial charge in [0.15, 0.2) is 0 Å². The standard InChI is InChI=1S/C16H13BrFN3O3S/c1-9(16(22)20-13-7-6-10(17)8-12(13)18)19-15-11-4-2-3-5-14(11)25(23,24)21-15/h2-9H,1H3,(H,19,21)(H,20,22). The van der Waals surface area contributed by atoms with Crippen LogP contribution in [0.15, 0.2) is 56.8 Å². The van der Waals surface area contributed by atoms with E-state index in [-0.39, 0.29) is 16.4 Å². The Morgan fingerprint density at radius 2 is 2.00 bits per heavy atom. The lowest BCUT2D eigenvalue weighted by atomic mass is 10.2. The fraction of sp³-hybridized carbons (Fsp3) is 0.125. The minimum absolute atomic E-state index is 0.0210. The summed E-state index contributed by atoms with van der Waals surface area (Å²) in [5.41, 5.74) is 0.421. The first-order chi connectivity index (χ1) is 11.8. The average molecular weight is 426 g/mol. The molecule has 2 N–H and O–H groups in total. The summed E-state index contributed by atoms with van der Waals surface area (Å²) in [4.78, 5) is 16.5. The van der Waals surface area contributed by atoms with Crippen molar-refractivity contribution in [2.75, 3.05) is 5.32 Å². The highest BCUT2D eigenvalue weighted by molar-refractivity contribution is 9.10. The van der Waals surface area contributed by atoms with Gasteiger partial charge in [0.25, 0.3) is 10.0 Å². The van der Waals surface area contributed by atoms with Crippen molar-refractivity contribution in [3.8, 4) is 0 Å². The van der Waals surface area contributed by atoms with Crippen molar-refractivity contribution in [1.29, 1.82) is 0 Å². The maximum absolute atomic E-state index is 13.8. The molecule has 25 heavy (non-hydrogen) atoms. The van der Waals surface area contributed by atoms with E-state index in [9.17, 15) is 17.6 Å². The van der Waals surface area contributed by atoms with Gasteiger partial charge >= 0.3 is 0 Å². The second-order valence-corrected chi connectivity index (χ2v) is 7.94. The molecule has 0 saturated carbocycles. The molecule has 2 aromatic rings. The topological polar surface area (TPSA) is 87.6 Å². The number of nitrogens with one attached hydrogen (secondary N) is 2. The van der Waals surface area contributed by atoms with Gasteiger partial charge in [-0.1, -0.05) is 28.1 Å². The highest BCUT2D eigenvalue weighted by atomic mass is 79.9. The Labute approximate surface area is 152 Å². The van der Waals surface area contributed by atoms with Gasteiger partial charge in [-0.05, 0) is 37.3 Å². The molecule has 1 aliphatic rings. The normalized spacial score (nSPS) is 17.6. The Bertz CT molecular complexity index is 992. The van der Waals surface area contributed by atoms with Crippen LogP contribution in [0.3, 0.4) is 0 Å². The molecule has 1 aliphatic heterocycles. The van der Waals surface area contributed by atoms with Crippen molar-refractivity contribution in [2.24, 2.45) is 4.99 Å². The van der Waals surface area contributed by atoms with E-state index in [1.165, 1.54) is 25.1 Å². The highest BCUT2D eigenvalue weighted by Gasteiger charge is 2.31. The van der Waals surface area contributed by atoms with Crippen LogP contribution >= 0.6 is 15.9 Å². The summed E-state index contributed by atoms with van der Waals surface area (Å²) in [6.07, 6.45) is 0. The Morgan fingerprint density at radius 3 is 2.72 bits per heavy atom. The van der Waals surface area contributed by atoms with Crippen LogP contribution in [0.25, 0.3) is 0 Å². The fourth-order valence-electron chi connectivity index (χ4n) is 2.31. The zero-order chi connectivity index (χ0) is 18.2. The lowest BCUT2D eigenvalue weighted by Gasteiger charge is -2.10. The number of nitrogens with zero attached hydrogens (tertiary/aromatic N) is 1. The Hall–Kier alpha value is -2.26. The lowest BCUT2D eigenvalue weighted by Crippen LogP contribution is -2.29. The Morgan fingerprint density at radius 1 is 1.28 bits per heavy atom. The number of halogens is 2. The zero-order valence-corrected chi connectivity index (χ0v) is 15.4. The molecular weight excluding hydrogens is 413 g/mol. The molecule has 0 aliphatic carbocycles. The van der Waals surface area contributed by atoms with Gasteiger partial charge in [-0.3, -0.25) is 14.5 Å². The van der Waals surface area contributed by atoms with Gasteiger partial charge in [-0.25, -0.2) is 12.8 Å². The van der Waals surface area contributed by atoms with E-state index in [4.69, 9.17) is 0 Å². The Kier molecular flexibility index (Phi) is 4.61. The van der Waals surface area contributed by atoms with Crippen LogP contribution in [-0.2, 0) is 14.8 Å². The molecule has 0 aromatic heterocycles. The van der Waals surface area contributed by atoms with E-state index in [1.54, 1.807) is 24.3 Å². The summed E-state index contributed by atoms with van der Waals surface area (Å²) in [7, 11) is -3.67. The van der Waals surface area contributed by atoms with Gasteiger partial charge in [-0.15, -0.1) is 0 Å². The van der Waals surface area contributed by atoms with Crippen molar-refractivity contribution in [3.05, 3.63) is 58.3 Å². The number of carbonyl (C=O) groups is 1. The third kappa shape index (κ3) is 3.57. The molecule has 1 heterocycles. The summed E-state index contributed by atoms with van der Waals surface area (Å²) in [5.74, 6) is -1.05. The molecule has 0 bridgehead atoms. The fourth-order valence-corrected chi connectivity index (χ4v) is 3.88. The maximum Gasteiger partial charge on any atom is 0.263 e. The van der Waals surface area contributed by atoms with Gasteiger partial charge in [0.2, 0.25) is 5.91 Å². The van der Waals surface area contributed by atoms with Gasteiger partial charge in [0.1, 0.15) is 17.7 Å². The molecule has 0 spiro atoms. The van der Waals surface area contributed by atoms with E-state index >= 15 is 0 Å². The van der Waals surface area contributed by atoms with Crippen LogP contribution in [-0.4, -0.2) is 26.2 Å². The van der Waals surface area contributed by atoms with E-state index in [2.05, 4.69) is 31.0 Å². The van der Waals surface area contributed by atoms with Crippen molar-refractivity contribution in [1.82, 2.24) is 4.72 Å². The number of amides is 1. The first kappa shape index (κ1) is 17.6. The third-order valence-corrected chi connectivity index (χ3v) is 5.44. The number of fused-ring (bicyclic) bond motifs is 1. The summed E-state index contributed by atoms with van der Waals surface area (Å²) >= 11 is 3.14. The van der Waals surface area contributed by atoms with E-state index in [1.807, 2.05) is 0 Å². The first-order valence-corrected chi connectivity index (χ1v) is 9.51. The van der Waals surface area contributed by atoms with Crippen LogP contribution in [0.2, 0.25) is 0 Å². The van der Waals surface area contributed by atoms with Gasteiger partial charge < -0.3 is 5.32 Å². The van der Waals surface area contributed by atoms with Crippen LogP contribution in [0.1, 0.15) is 12.5 Å². The molecule has 3 rings (SSSR count). The van der Waals surface area contributed by atoms with E-state index in [0.717, 1.165) is 0 Å². The summed E-state index contributed by atoms with van der Waals surface area (Å²) in [5, 5.41) is 2.44. The number of benzene rings is 2. The van der Waals surface area contributed by atoms with Crippen LogP contribution in [0, 0.1) is 5.82 Å². The molecule has 1 amide bonds. The van der Waals surface area contributed by atoms with Gasteiger partial charge in [0.05, 0.1) is 10.6 Å². The second kappa shape index (κ2) is 6.57. The molecule has 1 unspecified atom stereocenters. The minimum Gasteiger partial charge on any atom is -0.322 e. The first-order valence-electron chi connectivity index (χ1n) is 7.24. The van der Waals surface area contributed by atoms with Crippen molar-refractivity contribution < 1.29 is 17.6 Å². The molecule has 0 fully saturated rings. The monoisotopic (exact) mass is 425 g/mol. The van der Waals surface area contributed by atoms with E-state index < -0.39 is 27.8 Å². The zero-order valence-electron chi connectivity index (χ0n) is 13.0. The van der Waals surface area contributed by atoms with E-state index in [0.29, 0.717) is 10.0 Å². The number of aliphatic imine (C=N–C) groups is 1. The summed E-state index contributed by atoms with van der Waals surface area (Å²) in [6.45, 7) is 1.49. The molecule has 0 radical (unpaired) electrons. The molecule has 1 atom stereocenters. The minimum atomic E-state index is -3.67. The Balaban J connectivity index is 1.83.